The van der Waals surface area contributed by atoms with Crippen molar-refractivity contribution in [1.29, 1.82) is 0 Å². The van der Waals surface area contributed by atoms with E-state index in [1.165, 1.54) is 9.13 Å². The predicted molar refractivity (Wildman–Crippen MR) is 95.7 cm³/mol. The van der Waals surface area contributed by atoms with Gasteiger partial charge in [0.05, 0.1) is 35.4 Å². The van der Waals surface area contributed by atoms with E-state index in [4.69, 9.17) is 0 Å². The molecular formula is C18H21N5O3. The lowest BCUT2D eigenvalue weighted by Crippen LogP contribution is -2.56. The molecule has 1 amide bonds. The number of nitrogens with one attached hydrogen (secondary N) is 1. The van der Waals surface area contributed by atoms with Crippen LogP contribution in [0.1, 0.15) is 18.0 Å². The van der Waals surface area contributed by atoms with Crippen LogP contribution in [0.3, 0.4) is 0 Å². The molecule has 0 bridgehead atoms. The zero-order valence-corrected chi connectivity index (χ0v) is 14.7. The van der Waals surface area contributed by atoms with Crippen LogP contribution in [0.15, 0.2) is 41.5 Å². The molecule has 1 fully saturated rings. The van der Waals surface area contributed by atoms with E-state index in [0.29, 0.717) is 6.42 Å². The summed E-state index contributed by atoms with van der Waals surface area (Å²) in [5, 5.41) is 17.2. The first-order valence-corrected chi connectivity index (χ1v) is 8.58. The molecule has 26 heavy (non-hydrogen) atoms. The number of imidazole rings is 1. The Bertz CT molecular complexity index is 1030. The van der Waals surface area contributed by atoms with Crippen molar-refractivity contribution in [1.82, 2.24) is 24.2 Å². The highest BCUT2D eigenvalue weighted by Gasteiger charge is 2.42. The van der Waals surface area contributed by atoms with Gasteiger partial charge in [0, 0.05) is 13.2 Å². The van der Waals surface area contributed by atoms with E-state index in [-0.39, 0.29) is 30.2 Å². The van der Waals surface area contributed by atoms with Crippen LogP contribution in [0.5, 0.6) is 0 Å². The van der Waals surface area contributed by atoms with Gasteiger partial charge in [0.15, 0.2) is 0 Å². The first kappa shape index (κ1) is 16.6. The van der Waals surface area contributed by atoms with Crippen molar-refractivity contribution >= 4 is 16.9 Å². The van der Waals surface area contributed by atoms with E-state index in [0.717, 1.165) is 16.6 Å². The number of carbonyl (C=O) groups is 1. The number of aryl methyl sites for hydroxylation is 2. The number of aliphatic hydroxyl groups excluding tert-OH is 1. The number of nitrogens with zero attached hydrogens (tertiary/aromatic N) is 4. The second kappa shape index (κ2) is 6.14. The number of aliphatic hydroxyl groups is 1. The molecule has 0 unspecified atom stereocenters. The van der Waals surface area contributed by atoms with Gasteiger partial charge in [-0.2, -0.15) is 5.10 Å². The largest absolute Gasteiger partial charge is 0.391 e. The minimum absolute atomic E-state index is 0.0579. The summed E-state index contributed by atoms with van der Waals surface area (Å²) in [4.78, 5) is 24.9. The summed E-state index contributed by atoms with van der Waals surface area (Å²) in [7, 11) is 1.69. The molecule has 4 rings (SSSR count). The smallest absolute Gasteiger partial charge is 0.329 e. The zero-order chi connectivity index (χ0) is 18.4. The zero-order valence-electron chi connectivity index (χ0n) is 14.7. The van der Waals surface area contributed by atoms with Crippen LogP contribution in [0.2, 0.25) is 0 Å². The van der Waals surface area contributed by atoms with Crippen molar-refractivity contribution < 1.29 is 9.90 Å². The van der Waals surface area contributed by atoms with Gasteiger partial charge < -0.3 is 10.4 Å². The van der Waals surface area contributed by atoms with Gasteiger partial charge >= 0.3 is 5.69 Å². The Hall–Kier alpha value is -2.87. The van der Waals surface area contributed by atoms with Gasteiger partial charge in [0.2, 0.25) is 5.91 Å². The molecule has 1 aliphatic carbocycles. The number of rotatable bonds is 4. The number of hydrogen-bond donors (Lipinski definition) is 2. The molecule has 136 valence electrons. The van der Waals surface area contributed by atoms with E-state index in [1.54, 1.807) is 17.9 Å². The summed E-state index contributed by atoms with van der Waals surface area (Å²) in [6.45, 7) is 1.87. The Morgan fingerprint density at radius 3 is 2.73 bits per heavy atom. The minimum Gasteiger partial charge on any atom is -0.391 e. The molecule has 0 aliphatic heterocycles. The highest BCUT2D eigenvalue weighted by Crippen LogP contribution is 2.32. The maximum absolute atomic E-state index is 12.5. The Kier molecular flexibility index (Phi) is 3.91. The molecule has 2 heterocycles. The average molecular weight is 355 g/mol. The molecule has 0 spiro atoms. The van der Waals surface area contributed by atoms with Crippen molar-refractivity contribution in [2.75, 3.05) is 0 Å². The van der Waals surface area contributed by atoms with Gasteiger partial charge in [0.1, 0.15) is 6.54 Å². The normalized spacial score (nSPS) is 22.3. The lowest BCUT2D eigenvalue weighted by molar-refractivity contribution is -0.125. The Labute approximate surface area is 149 Å². The third kappa shape index (κ3) is 2.62. The van der Waals surface area contributed by atoms with Gasteiger partial charge in [-0.25, -0.2) is 4.79 Å². The van der Waals surface area contributed by atoms with Crippen molar-refractivity contribution in [3.05, 3.63) is 52.7 Å². The van der Waals surface area contributed by atoms with Crippen LogP contribution >= 0.6 is 0 Å². The lowest BCUT2D eigenvalue weighted by Gasteiger charge is -2.41. The number of amides is 1. The van der Waals surface area contributed by atoms with Crippen molar-refractivity contribution in [2.45, 2.75) is 38.1 Å². The summed E-state index contributed by atoms with van der Waals surface area (Å²) in [6, 6.07) is 6.89. The lowest BCUT2D eigenvalue weighted by atomic mass is 9.83. The van der Waals surface area contributed by atoms with Crippen molar-refractivity contribution in [2.24, 2.45) is 7.05 Å². The molecule has 8 nitrogen and oxygen atoms in total. The van der Waals surface area contributed by atoms with E-state index in [9.17, 15) is 14.7 Å². The first-order valence-electron chi connectivity index (χ1n) is 8.58. The molecule has 1 aliphatic rings. The Morgan fingerprint density at radius 1 is 1.35 bits per heavy atom. The second-order valence-electron chi connectivity index (χ2n) is 6.88. The topological polar surface area (TPSA) is 94.1 Å². The van der Waals surface area contributed by atoms with E-state index in [1.807, 2.05) is 37.4 Å². The number of fused-ring (bicyclic) bond motifs is 1. The molecule has 3 aromatic rings. The molecule has 0 radical (unpaired) electrons. The number of hydrogen-bond acceptors (Lipinski definition) is 4. The second-order valence-corrected chi connectivity index (χ2v) is 6.88. The van der Waals surface area contributed by atoms with Crippen LogP contribution < -0.4 is 11.0 Å². The summed E-state index contributed by atoms with van der Waals surface area (Å²) in [5.41, 5.74) is 2.28. The Morgan fingerprint density at radius 2 is 2.08 bits per heavy atom. The van der Waals surface area contributed by atoms with E-state index in [2.05, 4.69) is 10.4 Å². The van der Waals surface area contributed by atoms with Crippen LogP contribution in [0, 0.1) is 6.92 Å². The third-order valence-electron chi connectivity index (χ3n) is 5.04. The number of benzene rings is 1. The molecule has 1 aromatic carbocycles. The highest BCUT2D eigenvalue weighted by atomic mass is 16.3. The SMILES string of the molecule is Cc1cnn([C@H]2[C@H](O)C[C@@H]2NC(=O)Cn2c(=O)n(C)c3ccccc32)c1. The standard InChI is InChI=1S/C18H21N5O3/c1-11-8-19-23(9-11)17-12(7-15(17)24)20-16(25)10-22-14-6-4-3-5-13(14)21(2)18(22)26/h3-6,8-9,12,15,17,24H,7,10H2,1-2H3,(H,20,25)/t12-,15+,17+/m0/s1. The maximum Gasteiger partial charge on any atom is 0.329 e. The molecule has 0 saturated heterocycles. The molecule has 2 N–H and O–H groups in total. The van der Waals surface area contributed by atoms with Crippen LogP contribution in [0.25, 0.3) is 11.0 Å². The van der Waals surface area contributed by atoms with Gasteiger partial charge in [-0.15, -0.1) is 0 Å². The summed E-state index contributed by atoms with van der Waals surface area (Å²) < 4.78 is 4.69. The van der Waals surface area contributed by atoms with Crippen molar-refractivity contribution in [3.8, 4) is 0 Å². The monoisotopic (exact) mass is 355 g/mol. The maximum atomic E-state index is 12.5. The van der Waals surface area contributed by atoms with Crippen LogP contribution in [-0.2, 0) is 18.4 Å². The summed E-state index contributed by atoms with van der Waals surface area (Å²) in [5.74, 6) is -0.255. The van der Waals surface area contributed by atoms with Gasteiger partial charge in [-0.05, 0) is 31.0 Å². The molecular weight excluding hydrogens is 334 g/mol. The van der Waals surface area contributed by atoms with Crippen LogP contribution in [-0.4, -0.2) is 42.1 Å². The fraction of sp³-hybridized carbons (Fsp3) is 0.389. The van der Waals surface area contributed by atoms with E-state index >= 15 is 0 Å². The molecule has 8 heteroatoms. The summed E-state index contributed by atoms with van der Waals surface area (Å²) >= 11 is 0. The fourth-order valence-electron chi connectivity index (χ4n) is 3.62. The quantitative estimate of drug-likeness (QED) is 0.705. The van der Waals surface area contributed by atoms with Gasteiger partial charge in [-0.1, -0.05) is 12.1 Å². The summed E-state index contributed by atoms with van der Waals surface area (Å²) in [6.07, 6.45) is 3.50. The van der Waals surface area contributed by atoms with Gasteiger partial charge in [0.25, 0.3) is 0 Å². The highest BCUT2D eigenvalue weighted by molar-refractivity contribution is 5.81. The Balaban J connectivity index is 1.52. The average Bonchev–Trinajstić information content (AvgIpc) is 3.12. The predicted octanol–water partition coefficient (Wildman–Crippen LogP) is 0.336. The molecule has 2 aromatic heterocycles. The minimum atomic E-state index is -0.542. The number of carbonyl (C=O) groups excluding carboxylic acids is 1. The third-order valence-corrected chi connectivity index (χ3v) is 5.04. The van der Waals surface area contributed by atoms with Crippen LogP contribution in [0.4, 0.5) is 0 Å². The fourth-order valence-corrected chi connectivity index (χ4v) is 3.62. The van der Waals surface area contributed by atoms with Gasteiger partial charge in [-0.3, -0.25) is 18.6 Å². The first-order chi connectivity index (χ1) is 12.5. The van der Waals surface area contributed by atoms with Crippen molar-refractivity contribution in [3.63, 3.8) is 0 Å². The molecule has 3 atom stereocenters. The van der Waals surface area contributed by atoms with E-state index < -0.39 is 6.10 Å². The number of aromatic nitrogens is 4. The number of para-hydroxylation sites is 2. The molecule has 1 saturated carbocycles.